The molecule has 0 bridgehead atoms. The van der Waals surface area contributed by atoms with Gasteiger partial charge in [-0.25, -0.2) is 4.79 Å². The molecule has 7 heteroatoms. The zero-order valence-electron chi connectivity index (χ0n) is 15.2. The van der Waals surface area contributed by atoms with Crippen molar-refractivity contribution in [2.75, 3.05) is 12.4 Å². The maximum absolute atomic E-state index is 12.6. The topological polar surface area (TPSA) is 93.3 Å². The van der Waals surface area contributed by atoms with E-state index in [9.17, 15) is 9.59 Å². The lowest BCUT2D eigenvalue weighted by atomic mass is 10.1. The van der Waals surface area contributed by atoms with E-state index in [1.54, 1.807) is 62.6 Å². The summed E-state index contributed by atoms with van der Waals surface area (Å²) in [6, 6.07) is 10.5. The lowest BCUT2D eigenvalue weighted by molar-refractivity contribution is 0.0599. The third kappa shape index (κ3) is 3.98. The number of amides is 1. The molecule has 0 fully saturated rings. The van der Waals surface area contributed by atoms with Crippen LogP contribution in [0.25, 0.3) is 0 Å². The van der Waals surface area contributed by atoms with Gasteiger partial charge in [0.1, 0.15) is 17.2 Å². The average Bonchev–Trinajstić information content (AvgIpc) is 2.98. The molecule has 0 spiro atoms. The summed E-state index contributed by atoms with van der Waals surface area (Å²) in [4.78, 5) is 31.3. The molecule has 0 unspecified atom stereocenters. The number of pyridine rings is 1. The number of aryl methyl sites for hydroxylation is 1. The number of methoxy groups -OCH3 is 1. The van der Waals surface area contributed by atoms with E-state index in [1.165, 1.54) is 7.11 Å². The number of rotatable bonds is 5. The Morgan fingerprint density at radius 2 is 1.63 bits per heavy atom. The van der Waals surface area contributed by atoms with Gasteiger partial charge in [0.25, 0.3) is 5.91 Å². The van der Waals surface area contributed by atoms with Crippen LogP contribution >= 0.6 is 0 Å². The first-order chi connectivity index (χ1) is 13.0. The second kappa shape index (κ2) is 7.74. The Hall–Kier alpha value is -3.61. The van der Waals surface area contributed by atoms with E-state index in [0.29, 0.717) is 39.7 Å². The highest BCUT2D eigenvalue weighted by Crippen LogP contribution is 2.24. The van der Waals surface area contributed by atoms with Crippen molar-refractivity contribution in [1.82, 2.24) is 9.97 Å². The minimum absolute atomic E-state index is 0.324. The Labute approximate surface area is 156 Å². The van der Waals surface area contributed by atoms with Crippen molar-refractivity contribution < 1.29 is 19.1 Å². The Balaban J connectivity index is 1.72. The molecule has 2 aromatic heterocycles. The van der Waals surface area contributed by atoms with Crippen LogP contribution < -0.4 is 10.1 Å². The van der Waals surface area contributed by atoms with Gasteiger partial charge in [-0.2, -0.15) is 0 Å². The molecule has 3 rings (SSSR count). The molecule has 27 heavy (non-hydrogen) atoms. The molecule has 0 radical (unpaired) electrons. The van der Waals surface area contributed by atoms with Crippen molar-refractivity contribution in [2.24, 2.45) is 0 Å². The fraction of sp³-hybridized carbons (Fsp3) is 0.150. The summed E-state index contributed by atoms with van der Waals surface area (Å²) in [5.74, 6) is 0.500. The molecular weight excluding hydrogens is 346 g/mol. The second-order valence-corrected chi connectivity index (χ2v) is 5.88. The summed E-state index contributed by atoms with van der Waals surface area (Å²) in [6.07, 6.45) is 3.29. The molecule has 0 saturated heterocycles. The molecule has 2 heterocycles. The van der Waals surface area contributed by atoms with Crippen molar-refractivity contribution in [3.63, 3.8) is 0 Å². The van der Waals surface area contributed by atoms with Crippen LogP contribution in [-0.2, 0) is 4.74 Å². The molecule has 1 amide bonds. The van der Waals surface area contributed by atoms with Crippen molar-refractivity contribution in [1.29, 1.82) is 0 Å². The third-order valence-corrected chi connectivity index (χ3v) is 4.05. The molecule has 0 aliphatic rings. The molecule has 0 aliphatic carbocycles. The minimum atomic E-state index is -0.474. The van der Waals surface area contributed by atoms with Crippen LogP contribution in [0.3, 0.4) is 0 Å². The van der Waals surface area contributed by atoms with E-state index in [4.69, 9.17) is 9.47 Å². The SMILES string of the molecule is COC(=O)c1c(C)[nH]c(C(=O)Nc2ccc(Oc3ccncc3)cc2)c1C. The van der Waals surface area contributed by atoms with Crippen LogP contribution in [0.15, 0.2) is 48.8 Å². The van der Waals surface area contributed by atoms with Crippen LogP contribution in [0.2, 0.25) is 0 Å². The molecule has 2 N–H and O–H groups in total. The number of aromatic amines is 1. The van der Waals surface area contributed by atoms with Gasteiger partial charge in [-0.1, -0.05) is 0 Å². The number of esters is 1. The maximum atomic E-state index is 12.6. The standard InChI is InChI=1S/C20H19N3O4/c1-12-17(20(25)26-3)13(2)22-18(12)19(24)23-14-4-6-15(7-5-14)27-16-8-10-21-11-9-16/h4-11,22H,1-3H3,(H,23,24). The number of benzene rings is 1. The summed E-state index contributed by atoms with van der Waals surface area (Å²) >= 11 is 0. The highest BCUT2D eigenvalue weighted by Gasteiger charge is 2.22. The quantitative estimate of drug-likeness (QED) is 0.670. The predicted octanol–water partition coefficient (Wildman–Crippen LogP) is 3.86. The molecular formula is C20H19N3O4. The van der Waals surface area contributed by atoms with Gasteiger partial charge in [0.2, 0.25) is 0 Å². The van der Waals surface area contributed by atoms with Gasteiger partial charge in [-0.3, -0.25) is 9.78 Å². The van der Waals surface area contributed by atoms with Crippen LogP contribution in [0.5, 0.6) is 11.5 Å². The number of aromatic nitrogens is 2. The number of nitrogens with zero attached hydrogens (tertiary/aromatic N) is 1. The highest BCUT2D eigenvalue weighted by atomic mass is 16.5. The first-order valence-corrected chi connectivity index (χ1v) is 8.26. The Morgan fingerprint density at radius 3 is 2.26 bits per heavy atom. The largest absolute Gasteiger partial charge is 0.465 e. The average molecular weight is 365 g/mol. The zero-order valence-corrected chi connectivity index (χ0v) is 15.2. The van der Waals surface area contributed by atoms with Crippen molar-refractivity contribution in [3.8, 4) is 11.5 Å². The lowest BCUT2D eigenvalue weighted by Gasteiger charge is -2.08. The number of nitrogens with one attached hydrogen (secondary N) is 2. The van der Waals surface area contributed by atoms with Gasteiger partial charge in [-0.05, 0) is 55.8 Å². The monoisotopic (exact) mass is 365 g/mol. The van der Waals surface area contributed by atoms with E-state index in [-0.39, 0.29) is 5.91 Å². The van der Waals surface area contributed by atoms with Gasteiger partial charge in [-0.15, -0.1) is 0 Å². The summed E-state index contributed by atoms with van der Waals surface area (Å²) in [5.41, 5.74) is 2.45. The van der Waals surface area contributed by atoms with Gasteiger partial charge < -0.3 is 19.8 Å². The molecule has 3 aromatic rings. The number of carbonyl (C=O) groups is 2. The first-order valence-electron chi connectivity index (χ1n) is 8.26. The molecule has 0 saturated carbocycles. The van der Waals surface area contributed by atoms with Crippen molar-refractivity contribution in [3.05, 3.63) is 71.3 Å². The lowest BCUT2D eigenvalue weighted by Crippen LogP contribution is -2.14. The van der Waals surface area contributed by atoms with Crippen LogP contribution in [-0.4, -0.2) is 29.0 Å². The molecule has 138 valence electrons. The highest BCUT2D eigenvalue weighted by molar-refractivity contribution is 6.06. The summed E-state index contributed by atoms with van der Waals surface area (Å²) in [7, 11) is 1.31. The zero-order chi connectivity index (χ0) is 19.4. The summed E-state index contributed by atoms with van der Waals surface area (Å²) < 4.78 is 10.5. The Kier molecular flexibility index (Phi) is 5.21. The minimum Gasteiger partial charge on any atom is -0.465 e. The van der Waals surface area contributed by atoms with E-state index >= 15 is 0 Å². The fourth-order valence-electron chi connectivity index (χ4n) is 2.73. The van der Waals surface area contributed by atoms with Gasteiger partial charge >= 0.3 is 5.97 Å². The maximum Gasteiger partial charge on any atom is 0.339 e. The first kappa shape index (κ1) is 18.2. The number of hydrogen-bond acceptors (Lipinski definition) is 5. The summed E-state index contributed by atoms with van der Waals surface area (Å²) in [6.45, 7) is 3.43. The van der Waals surface area contributed by atoms with Gasteiger partial charge in [0.15, 0.2) is 0 Å². The number of H-pyrrole nitrogens is 1. The van der Waals surface area contributed by atoms with Crippen LogP contribution in [0.1, 0.15) is 32.1 Å². The number of anilines is 1. The van der Waals surface area contributed by atoms with Crippen molar-refractivity contribution in [2.45, 2.75) is 13.8 Å². The van der Waals surface area contributed by atoms with Crippen LogP contribution in [0, 0.1) is 13.8 Å². The Bertz CT molecular complexity index is 963. The van der Waals surface area contributed by atoms with E-state index < -0.39 is 5.97 Å². The Morgan fingerprint density at radius 1 is 1.00 bits per heavy atom. The van der Waals surface area contributed by atoms with Gasteiger partial charge in [0, 0.05) is 23.8 Å². The summed E-state index contributed by atoms with van der Waals surface area (Å²) in [5, 5.41) is 2.80. The molecule has 1 aromatic carbocycles. The smallest absolute Gasteiger partial charge is 0.339 e. The number of carbonyl (C=O) groups excluding carboxylic acids is 2. The second-order valence-electron chi connectivity index (χ2n) is 5.88. The van der Waals surface area contributed by atoms with E-state index in [1.807, 2.05) is 0 Å². The van der Waals surface area contributed by atoms with Crippen molar-refractivity contribution >= 4 is 17.6 Å². The molecule has 0 aliphatic heterocycles. The number of ether oxygens (including phenoxy) is 2. The third-order valence-electron chi connectivity index (χ3n) is 4.05. The normalized spacial score (nSPS) is 10.3. The van der Waals surface area contributed by atoms with E-state index in [0.717, 1.165) is 0 Å². The fourth-order valence-corrected chi connectivity index (χ4v) is 2.73. The van der Waals surface area contributed by atoms with Crippen LogP contribution in [0.4, 0.5) is 5.69 Å². The van der Waals surface area contributed by atoms with Gasteiger partial charge in [0.05, 0.1) is 12.7 Å². The molecule has 0 atom stereocenters. The number of hydrogen-bond donors (Lipinski definition) is 2. The predicted molar refractivity (Wildman–Crippen MR) is 100 cm³/mol. The molecule has 7 nitrogen and oxygen atoms in total. The van der Waals surface area contributed by atoms with E-state index in [2.05, 4.69) is 15.3 Å².